The number of fused-ring (bicyclic) bond motifs is 5. The number of rotatable bonds is 3. The molecular weight excluding hydrogens is 415 g/mol. The van der Waals surface area contributed by atoms with Crippen molar-refractivity contribution in [3.63, 3.8) is 0 Å². The minimum absolute atomic E-state index is 0.0530. The third-order valence-corrected chi connectivity index (χ3v) is 5.72. The summed E-state index contributed by atoms with van der Waals surface area (Å²) >= 11 is 0. The van der Waals surface area contributed by atoms with E-state index in [0.29, 0.717) is 37.6 Å². The lowest BCUT2D eigenvalue weighted by molar-refractivity contribution is 0.0857. The number of amides is 1. The lowest BCUT2D eigenvalue weighted by Crippen LogP contribution is -2.39. The van der Waals surface area contributed by atoms with Crippen LogP contribution in [0.1, 0.15) is 10.4 Å². The Kier molecular flexibility index (Phi) is 4.83. The Bertz CT molecular complexity index is 1440. The van der Waals surface area contributed by atoms with Crippen LogP contribution in [0.15, 0.2) is 35.1 Å². The molecule has 1 saturated heterocycles. The van der Waals surface area contributed by atoms with Gasteiger partial charge in [0.25, 0.3) is 5.91 Å². The zero-order valence-electron chi connectivity index (χ0n) is 18.1. The van der Waals surface area contributed by atoms with Crippen LogP contribution in [0.3, 0.4) is 0 Å². The number of aryl methyl sites for hydroxylation is 1. The summed E-state index contributed by atoms with van der Waals surface area (Å²) in [5.41, 5.74) is 4.30. The van der Waals surface area contributed by atoms with E-state index in [0.717, 1.165) is 11.0 Å². The number of carbonyl (C=O) groups is 1. The normalized spacial score (nSPS) is 14.7. The SMILES string of the molecule is CN(C)NC(=O)c1c(=O)c2cc(F)c(N3CCOCC3)nc2n2c3ccccc3n(C)c12. The van der Waals surface area contributed by atoms with Crippen LogP contribution in [0.2, 0.25) is 0 Å². The smallest absolute Gasteiger partial charge is 0.273 e. The molecule has 10 heteroatoms. The Morgan fingerprint density at radius 3 is 2.56 bits per heavy atom. The molecule has 9 nitrogen and oxygen atoms in total. The highest BCUT2D eigenvalue weighted by atomic mass is 19.1. The van der Waals surface area contributed by atoms with Crippen molar-refractivity contribution in [1.82, 2.24) is 24.4 Å². The first-order valence-corrected chi connectivity index (χ1v) is 10.3. The Morgan fingerprint density at radius 1 is 1.19 bits per heavy atom. The molecule has 3 aromatic heterocycles. The van der Waals surface area contributed by atoms with Crippen LogP contribution in [0.25, 0.3) is 27.7 Å². The van der Waals surface area contributed by atoms with E-state index in [1.807, 2.05) is 29.2 Å². The van der Waals surface area contributed by atoms with Crippen molar-refractivity contribution in [2.75, 3.05) is 45.3 Å². The van der Waals surface area contributed by atoms with Gasteiger partial charge in [-0.2, -0.15) is 0 Å². The Labute approximate surface area is 182 Å². The topological polar surface area (TPSA) is 84.1 Å². The van der Waals surface area contributed by atoms with Crippen LogP contribution in [0.4, 0.5) is 10.2 Å². The number of carbonyl (C=O) groups excluding carboxylic acids is 1. The molecule has 4 aromatic rings. The molecule has 166 valence electrons. The van der Waals surface area contributed by atoms with Crippen molar-refractivity contribution in [3.8, 4) is 0 Å². The summed E-state index contributed by atoms with van der Waals surface area (Å²) in [4.78, 5) is 33.0. The van der Waals surface area contributed by atoms with Gasteiger partial charge in [-0.1, -0.05) is 12.1 Å². The molecule has 1 fully saturated rings. The van der Waals surface area contributed by atoms with Crippen LogP contribution in [-0.2, 0) is 11.8 Å². The van der Waals surface area contributed by atoms with E-state index in [1.165, 1.54) is 11.1 Å². The number of benzene rings is 1. The number of hydrazine groups is 1. The van der Waals surface area contributed by atoms with Crippen molar-refractivity contribution in [2.24, 2.45) is 7.05 Å². The molecule has 1 aliphatic heterocycles. The number of nitrogens with one attached hydrogen (secondary N) is 1. The highest BCUT2D eigenvalue weighted by molar-refractivity contribution is 6.05. The summed E-state index contributed by atoms with van der Waals surface area (Å²) in [5, 5.41) is 1.52. The summed E-state index contributed by atoms with van der Waals surface area (Å²) in [5.74, 6) is -0.994. The number of halogens is 1. The number of imidazole rings is 1. The van der Waals surface area contributed by atoms with E-state index >= 15 is 4.39 Å². The molecule has 0 atom stereocenters. The fraction of sp³-hybridized carbons (Fsp3) is 0.318. The second kappa shape index (κ2) is 7.57. The third kappa shape index (κ3) is 3.02. The van der Waals surface area contributed by atoms with Gasteiger partial charge in [-0.25, -0.2) is 14.4 Å². The third-order valence-electron chi connectivity index (χ3n) is 5.72. The van der Waals surface area contributed by atoms with E-state index in [1.54, 1.807) is 30.1 Å². The van der Waals surface area contributed by atoms with Gasteiger partial charge in [0.05, 0.1) is 29.6 Å². The van der Waals surface area contributed by atoms with Crippen molar-refractivity contribution in [1.29, 1.82) is 0 Å². The highest BCUT2D eigenvalue weighted by Crippen LogP contribution is 2.28. The van der Waals surface area contributed by atoms with Crippen LogP contribution in [-0.4, -0.2) is 65.3 Å². The molecule has 32 heavy (non-hydrogen) atoms. The standard InChI is InChI=1S/C22H23FN6O3/c1-26(2)25-21(31)17-18(30)13-12-14(23)20(28-8-10-32-11-9-28)24-19(13)29-16-7-5-4-6-15(16)27(3)22(17)29/h4-7,12H,8-11H2,1-3H3,(H,25,31). The molecule has 0 unspecified atom stereocenters. The molecule has 0 spiro atoms. The van der Waals surface area contributed by atoms with E-state index < -0.39 is 17.2 Å². The van der Waals surface area contributed by atoms with Crippen LogP contribution in [0.5, 0.6) is 0 Å². The van der Waals surface area contributed by atoms with Gasteiger partial charge in [-0.05, 0) is 18.2 Å². The number of pyridine rings is 2. The van der Waals surface area contributed by atoms with Gasteiger partial charge in [0.2, 0.25) is 5.43 Å². The number of morpholine rings is 1. The fourth-order valence-electron chi connectivity index (χ4n) is 4.31. The maximum atomic E-state index is 15.1. The number of hydrogen-bond acceptors (Lipinski definition) is 6. The summed E-state index contributed by atoms with van der Waals surface area (Å²) < 4.78 is 24.1. The predicted molar refractivity (Wildman–Crippen MR) is 120 cm³/mol. The summed E-state index contributed by atoms with van der Waals surface area (Å²) in [6.07, 6.45) is 0. The van der Waals surface area contributed by atoms with Gasteiger partial charge in [0, 0.05) is 34.2 Å². The second-order valence-corrected chi connectivity index (χ2v) is 8.01. The Morgan fingerprint density at radius 2 is 1.88 bits per heavy atom. The lowest BCUT2D eigenvalue weighted by Gasteiger charge is -2.28. The molecule has 1 aliphatic rings. The number of aromatic nitrogens is 3. The number of para-hydroxylation sites is 2. The molecule has 5 rings (SSSR count). The van der Waals surface area contributed by atoms with Gasteiger partial charge < -0.3 is 14.2 Å². The quantitative estimate of drug-likeness (QED) is 0.489. The molecule has 0 saturated carbocycles. The maximum absolute atomic E-state index is 15.1. The van der Waals surface area contributed by atoms with E-state index in [-0.39, 0.29) is 16.8 Å². The van der Waals surface area contributed by atoms with Crippen molar-refractivity contribution in [2.45, 2.75) is 0 Å². The zero-order valence-corrected chi connectivity index (χ0v) is 18.1. The number of hydrogen-bond donors (Lipinski definition) is 1. The molecule has 1 aromatic carbocycles. The predicted octanol–water partition coefficient (Wildman–Crippen LogP) is 1.52. The van der Waals surface area contributed by atoms with E-state index in [4.69, 9.17) is 4.74 Å². The van der Waals surface area contributed by atoms with Crippen LogP contribution < -0.4 is 15.8 Å². The monoisotopic (exact) mass is 438 g/mol. The van der Waals surface area contributed by atoms with Crippen LogP contribution in [0, 0.1) is 5.82 Å². The zero-order chi connectivity index (χ0) is 22.6. The molecule has 0 radical (unpaired) electrons. The Hall–Kier alpha value is -3.50. The summed E-state index contributed by atoms with van der Waals surface area (Å²) in [6.45, 7) is 1.97. The van der Waals surface area contributed by atoms with Gasteiger partial charge in [-0.3, -0.25) is 19.4 Å². The largest absolute Gasteiger partial charge is 0.378 e. The number of ether oxygens (including phenoxy) is 1. The molecule has 4 heterocycles. The molecule has 0 aliphatic carbocycles. The average Bonchev–Trinajstić information content (AvgIpc) is 3.06. The average molecular weight is 438 g/mol. The van der Waals surface area contributed by atoms with Gasteiger partial charge in [0.1, 0.15) is 11.2 Å². The summed E-state index contributed by atoms with van der Waals surface area (Å²) in [7, 11) is 5.11. The van der Waals surface area contributed by atoms with Crippen molar-refractivity contribution < 1.29 is 13.9 Å². The lowest BCUT2D eigenvalue weighted by atomic mass is 10.1. The minimum Gasteiger partial charge on any atom is -0.378 e. The van der Waals surface area contributed by atoms with Gasteiger partial charge >= 0.3 is 0 Å². The fourth-order valence-corrected chi connectivity index (χ4v) is 4.31. The summed E-state index contributed by atoms with van der Waals surface area (Å²) in [6, 6.07) is 8.74. The van der Waals surface area contributed by atoms with E-state index in [2.05, 4.69) is 10.4 Å². The van der Waals surface area contributed by atoms with Gasteiger partial charge in [-0.15, -0.1) is 0 Å². The first-order valence-electron chi connectivity index (χ1n) is 10.3. The number of anilines is 1. The minimum atomic E-state index is -0.601. The first kappa shape index (κ1) is 20.4. The van der Waals surface area contributed by atoms with Gasteiger partial charge in [0.15, 0.2) is 17.3 Å². The second-order valence-electron chi connectivity index (χ2n) is 8.01. The van der Waals surface area contributed by atoms with Crippen LogP contribution >= 0.6 is 0 Å². The van der Waals surface area contributed by atoms with E-state index in [9.17, 15) is 9.59 Å². The molecule has 0 bridgehead atoms. The molecule has 1 amide bonds. The van der Waals surface area contributed by atoms with Crippen molar-refractivity contribution >= 4 is 39.4 Å². The highest BCUT2D eigenvalue weighted by Gasteiger charge is 2.26. The molecule has 1 N–H and O–H groups in total. The maximum Gasteiger partial charge on any atom is 0.273 e. The Balaban J connectivity index is 1.93. The number of nitrogens with zero attached hydrogens (tertiary/aromatic N) is 5. The molecular formula is C22H23FN6O3. The van der Waals surface area contributed by atoms with Crippen molar-refractivity contribution in [3.05, 3.63) is 51.9 Å². The first-order chi connectivity index (χ1) is 15.4.